The molecule has 2 aliphatic rings. The van der Waals surface area contributed by atoms with Crippen LogP contribution in [0.25, 0.3) is 11.1 Å². The molecule has 0 fully saturated rings. The lowest BCUT2D eigenvalue weighted by Crippen LogP contribution is -2.13. The maximum Gasteiger partial charge on any atom is 0.125 e. The number of hydrogen-bond acceptors (Lipinski definition) is 3. The number of nitrogens with zero attached hydrogens (tertiary/aromatic N) is 1. The highest BCUT2D eigenvalue weighted by Crippen LogP contribution is 2.37. The van der Waals surface area contributed by atoms with Crippen LogP contribution >= 0.6 is 11.8 Å². The number of allylic oxidation sites excluding steroid dienone is 2. The van der Waals surface area contributed by atoms with Crippen molar-refractivity contribution >= 4 is 16.8 Å². The number of hydrogen-bond donors (Lipinski definition) is 1. The summed E-state index contributed by atoms with van der Waals surface area (Å²) in [5.41, 5.74) is 3.06. The molecule has 0 saturated heterocycles. The number of fused-ring (bicyclic) bond motifs is 1. The van der Waals surface area contributed by atoms with Gasteiger partial charge in [-0.05, 0) is 23.3 Å². The summed E-state index contributed by atoms with van der Waals surface area (Å²) in [6, 6.07) is 16.1. The molecule has 0 amide bonds. The number of phenols is 1. The summed E-state index contributed by atoms with van der Waals surface area (Å²) in [6.07, 6.45) is 8.38. The van der Waals surface area contributed by atoms with Crippen molar-refractivity contribution in [2.24, 2.45) is 4.99 Å². The van der Waals surface area contributed by atoms with Gasteiger partial charge in [-0.25, -0.2) is 0 Å². The monoisotopic (exact) mass is 305 g/mol. The zero-order chi connectivity index (χ0) is 14.9. The molecule has 0 radical (unpaired) electrons. The van der Waals surface area contributed by atoms with Gasteiger partial charge in [-0.2, -0.15) is 0 Å². The molecule has 4 rings (SSSR count). The van der Waals surface area contributed by atoms with Crippen molar-refractivity contribution < 1.29 is 5.11 Å². The number of aliphatic imine (C=N–C) groups is 1. The summed E-state index contributed by atoms with van der Waals surface area (Å²) in [4.78, 5) is 4.76. The van der Waals surface area contributed by atoms with Gasteiger partial charge < -0.3 is 5.11 Å². The molecule has 2 unspecified atom stereocenters. The maximum absolute atomic E-state index is 10.2. The number of aromatic hydroxyl groups is 1. The molecule has 1 heterocycles. The smallest absolute Gasteiger partial charge is 0.125 e. The second kappa shape index (κ2) is 5.50. The fourth-order valence-corrected chi connectivity index (χ4v) is 3.94. The number of thioether (sulfide) groups is 1. The van der Waals surface area contributed by atoms with Crippen molar-refractivity contribution in [2.75, 3.05) is 0 Å². The molecule has 2 atom stereocenters. The number of benzene rings is 2. The van der Waals surface area contributed by atoms with E-state index >= 15 is 0 Å². The largest absolute Gasteiger partial charge is 0.507 e. The highest BCUT2D eigenvalue weighted by molar-refractivity contribution is 8.15. The average molecular weight is 305 g/mol. The first kappa shape index (κ1) is 13.4. The number of rotatable bonds is 2. The van der Waals surface area contributed by atoms with Crippen molar-refractivity contribution in [2.45, 2.75) is 11.3 Å². The molecular weight excluding hydrogens is 290 g/mol. The Hall–Kier alpha value is -2.26. The van der Waals surface area contributed by atoms with Crippen LogP contribution in [0.1, 0.15) is 5.56 Å². The summed E-state index contributed by atoms with van der Waals surface area (Å²) in [5, 5.41) is 11.5. The van der Waals surface area contributed by atoms with Gasteiger partial charge in [0.25, 0.3) is 0 Å². The van der Waals surface area contributed by atoms with Crippen LogP contribution in [0.2, 0.25) is 0 Å². The van der Waals surface area contributed by atoms with Crippen LogP contribution in [0.5, 0.6) is 5.75 Å². The van der Waals surface area contributed by atoms with E-state index in [0.717, 1.165) is 21.7 Å². The molecule has 3 heteroatoms. The first-order chi connectivity index (χ1) is 10.8. The van der Waals surface area contributed by atoms with Gasteiger partial charge in [-0.15, -0.1) is 0 Å². The van der Waals surface area contributed by atoms with Crippen LogP contribution in [0, 0.1) is 0 Å². The van der Waals surface area contributed by atoms with Crippen molar-refractivity contribution in [1.82, 2.24) is 0 Å². The van der Waals surface area contributed by atoms with E-state index in [9.17, 15) is 5.11 Å². The van der Waals surface area contributed by atoms with Crippen LogP contribution in [-0.2, 0) is 0 Å². The van der Waals surface area contributed by atoms with E-state index in [-0.39, 0.29) is 11.8 Å². The van der Waals surface area contributed by atoms with Crippen LogP contribution in [-0.4, -0.2) is 21.4 Å². The summed E-state index contributed by atoms with van der Waals surface area (Å²) in [7, 11) is 0. The summed E-state index contributed by atoms with van der Waals surface area (Å²) in [6.45, 7) is 0. The standard InChI is InChI=1S/C19H15NOS/c21-17-11-10-14(13-6-2-1-3-7-13)12-15(17)19-20-16-8-4-5-9-18(16)22-19/h1-12,16,18,21H. The van der Waals surface area contributed by atoms with E-state index in [1.807, 2.05) is 36.4 Å². The summed E-state index contributed by atoms with van der Waals surface area (Å²) >= 11 is 1.72. The molecule has 2 nitrogen and oxygen atoms in total. The van der Waals surface area contributed by atoms with Gasteiger partial charge in [-0.1, -0.05) is 72.5 Å². The molecule has 0 aromatic heterocycles. The fourth-order valence-electron chi connectivity index (χ4n) is 2.75. The van der Waals surface area contributed by atoms with E-state index in [2.05, 4.69) is 30.4 Å². The Morgan fingerprint density at radius 1 is 0.909 bits per heavy atom. The van der Waals surface area contributed by atoms with E-state index in [1.54, 1.807) is 17.8 Å². The normalized spacial score (nSPS) is 22.5. The third-order valence-electron chi connectivity index (χ3n) is 3.90. The molecule has 1 N–H and O–H groups in total. The first-order valence-corrected chi connectivity index (χ1v) is 8.17. The zero-order valence-electron chi connectivity index (χ0n) is 11.9. The SMILES string of the molecule is Oc1ccc(-c2ccccc2)cc1C1=NC2C=CC=CC2S1. The second-order valence-corrected chi connectivity index (χ2v) is 6.54. The van der Waals surface area contributed by atoms with E-state index in [0.29, 0.717) is 5.25 Å². The summed E-state index contributed by atoms with van der Waals surface area (Å²) in [5.74, 6) is 0.289. The Kier molecular flexibility index (Phi) is 3.35. The Labute approximate surface area is 133 Å². The quantitative estimate of drug-likeness (QED) is 0.891. The van der Waals surface area contributed by atoms with Crippen LogP contribution in [0.4, 0.5) is 0 Å². The minimum absolute atomic E-state index is 0.185. The molecule has 0 spiro atoms. The Morgan fingerprint density at radius 3 is 2.55 bits per heavy atom. The fraction of sp³-hybridized carbons (Fsp3) is 0.105. The van der Waals surface area contributed by atoms with Crippen molar-refractivity contribution in [3.05, 3.63) is 78.4 Å². The van der Waals surface area contributed by atoms with Gasteiger partial charge >= 0.3 is 0 Å². The highest BCUT2D eigenvalue weighted by Gasteiger charge is 2.29. The number of phenolic OH excluding ortho intramolecular Hbond substituents is 1. The van der Waals surface area contributed by atoms with E-state index in [1.165, 1.54) is 0 Å². The summed E-state index contributed by atoms with van der Waals surface area (Å²) < 4.78 is 0. The predicted molar refractivity (Wildman–Crippen MR) is 93.5 cm³/mol. The van der Waals surface area contributed by atoms with Gasteiger partial charge in [0.2, 0.25) is 0 Å². The lowest BCUT2D eigenvalue weighted by atomic mass is 10.0. The highest BCUT2D eigenvalue weighted by atomic mass is 32.2. The molecule has 108 valence electrons. The van der Waals surface area contributed by atoms with Gasteiger partial charge in [0.1, 0.15) is 10.8 Å². The Bertz CT molecular complexity index is 792. The Balaban J connectivity index is 1.73. The van der Waals surface area contributed by atoms with Crippen molar-refractivity contribution in [1.29, 1.82) is 0 Å². The molecule has 22 heavy (non-hydrogen) atoms. The lowest BCUT2D eigenvalue weighted by molar-refractivity contribution is 0.474. The predicted octanol–water partition coefficient (Wildman–Crippen LogP) is 4.42. The Morgan fingerprint density at radius 2 is 1.73 bits per heavy atom. The minimum atomic E-state index is 0.185. The molecule has 1 aliphatic heterocycles. The van der Waals surface area contributed by atoms with Crippen molar-refractivity contribution in [3.63, 3.8) is 0 Å². The van der Waals surface area contributed by atoms with Gasteiger partial charge in [0.15, 0.2) is 0 Å². The third kappa shape index (κ3) is 2.38. The molecule has 0 bridgehead atoms. The van der Waals surface area contributed by atoms with Crippen LogP contribution in [0.3, 0.4) is 0 Å². The zero-order valence-corrected chi connectivity index (χ0v) is 12.7. The minimum Gasteiger partial charge on any atom is -0.507 e. The van der Waals surface area contributed by atoms with Gasteiger partial charge in [-0.3, -0.25) is 4.99 Å². The molecule has 1 aliphatic carbocycles. The molecule has 2 aromatic rings. The van der Waals surface area contributed by atoms with Gasteiger partial charge in [0, 0.05) is 5.56 Å². The van der Waals surface area contributed by atoms with Crippen LogP contribution in [0.15, 0.2) is 77.8 Å². The average Bonchev–Trinajstić information content (AvgIpc) is 3.00. The molecule has 0 saturated carbocycles. The molecular formula is C19H15NOS. The first-order valence-electron chi connectivity index (χ1n) is 7.29. The van der Waals surface area contributed by atoms with Crippen LogP contribution < -0.4 is 0 Å². The van der Waals surface area contributed by atoms with Crippen molar-refractivity contribution in [3.8, 4) is 16.9 Å². The van der Waals surface area contributed by atoms with Gasteiger partial charge in [0.05, 0.1) is 11.3 Å². The second-order valence-electron chi connectivity index (χ2n) is 5.38. The molecule has 2 aromatic carbocycles. The lowest BCUT2D eigenvalue weighted by Gasteiger charge is -2.11. The third-order valence-corrected chi connectivity index (χ3v) is 5.16. The maximum atomic E-state index is 10.2. The van der Waals surface area contributed by atoms with E-state index < -0.39 is 0 Å². The van der Waals surface area contributed by atoms with E-state index in [4.69, 9.17) is 4.99 Å². The topological polar surface area (TPSA) is 32.6 Å².